The molecule has 1 rings (SSSR count). The molecule has 1 aromatic carbocycles. The molecule has 0 aromatic heterocycles. The summed E-state index contributed by atoms with van der Waals surface area (Å²) >= 11 is 6.01. The van der Waals surface area contributed by atoms with Gasteiger partial charge >= 0.3 is 0 Å². The normalized spacial score (nSPS) is 12.6. The maximum Gasteiger partial charge on any atom is 0.188 e. The van der Waals surface area contributed by atoms with Crippen molar-refractivity contribution in [3.63, 3.8) is 0 Å². The Morgan fingerprint density at radius 3 is 2.71 bits per heavy atom. The van der Waals surface area contributed by atoms with Crippen LogP contribution in [0.3, 0.4) is 0 Å². The van der Waals surface area contributed by atoms with Gasteiger partial charge in [-0.05, 0) is 12.5 Å². The van der Waals surface area contributed by atoms with E-state index < -0.39 is 6.10 Å². The highest BCUT2D eigenvalue weighted by Gasteiger charge is 2.10. The second kappa shape index (κ2) is 12.1. The number of hydrogen-bond acceptors (Lipinski definition) is 2. The average molecular weight is 426 g/mol. The summed E-state index contributed by atoms with van der Waals surface area (Å²) in [6, 6.07) is 7.20. The van der Waals surface area contributed by atoms with E-state index in [1.807, 2.05) is 12.1 Å². The van der Waals surface area contributed by atoms with E-state index in [9.17, 15) is 5.11 Å². The van der Waals surface area contributed by atoms with Gasteiger partial charge in [-0.3, -0.25) is 4.99 Å². The minimum absolute atomic E-state index is 0. The fraction of sp³-hybridized carbons (Fsp3) is 0.533. The van der Waals surface area contributed by atoms with Crippen molar-refractivity contribution in [3.8, 4) is 0 Å². The molecule has 0 saturated carbocycles. The van der Waals surface area contributed by atoms with Crippen LogP contribution in [0.4, 0.5) is 0 Å². The number of nitrogens with one attached hydrogen (secondary N) is 1. The fourth-order valence-electron chi connectivity index (χ4n) is 1.85. The number of rotatable bonds is 8. The zero-order valence-corrected chi connectivity index (χ0v) is 15.5. The number of guanidine groups is 1. The van der Waals surface area contributed by atoms with Crippen molar-refractivity contribution in [2.45, 2.75) is 38.7 Å². The number of halogens is 2. The van der Waals surface area contributed by atoms with Crippen molar-refractivity contribution in [2.24, 2.45) is 10.7 Å². The first-order valence-corrected chi connectivity index (χ1v) is 7.49. The van der Waals surface area contributed by atoms with Gasteiger partial charge in [0, 0.05) is 17.1 Å². The zero-order valence-electron chi connectivity index (χ0n) is 12.4. The molecule has 0 amide bonds. The number of benzene rings is 1. The van der Waals surface area contributed by atoms with Gasteiger partial charge in [0.15, 0.2) is 5.96 Å². The molecular formula is C15H25ClIN3O. The zero-order chi connectivity index (χ0) is 14.8. The molecule has 4 N–H and O–H groups in total. The molecule has 1 unspecified atom stereocenters. The summed E-state index contributed by atoms with van der Waals surface area (Å²) in [6.07, 6.45) is 4.00. The Morgan fingerprint density at radius 2 is 2.05 bits per heavy atom. The predicted octanol–water partition coefficient (Wildman–Crippen LogP) is 3.48. The van der Waals surface area contributed by atoms with E-state index in [0.29, 0.717) is 16.5 Å². The van der Waals surface area contributed by atoms with Crippen LogP contribution >= 0.6 is 35.6 Å². The van der Waals surface area contributed by atoms with Gasteiger partial charge in [0.25, 0.3) is 0 Å². The van der Waals surface area contributed by atoms with Crippen LogP contribution in [0.5, 0.6) is 0 Å². The fourth-order valence-corrected chi connectivity index (χ4v) is 2.11. The molecule has 0 radical (unpaired) electrons. The van der Waals surface area contributed by atoms with Crippen LogP contribution < -0.4 is 11.1 Å². The Kier molecular flexibility index (Phi) is 11.8. The lowest BCUT2D eigenvalue weighted by Crippen LogP contribution is -2.32. The third-order valence-electron chi connectivity index (χ3n) is 3.04. The second-order valence-electron chi connectivity index (χ2n) is 4.75. The van der Waals surface area contributed by atoms with Crippen LogP contribution in [0.15, 0.2) is 29.3 Å². The first-order valence-electron chi connectivity index (χ1n) is 7.11. The SMILES string of the molecule is CCCCCCNC(N)=NCC(O)c1ccccc1Cl.I. The smallest absolute Gasteiger partial charge is 0.188 e. The molecule has 21 heavy (non-hydrogen) atoms. The Balaban J connectivity index is 0.00000400. The minimum atomic E-state index is -0.732. The quantitative estimate of drug-likeness (QED) is 0.258. The lowest BCUT2D eigenvalue weighted by atomic mass is 10.1. The topological polar surface area (TPSA) is 70.6 Å². The molecule has 0 aliphatic carbocycles. The number of hydrogen-bond donors (Lipinski definition) is 3. The van der Waals surface area contributed by atoms with Crippen molar-refractivity contribution in [3.05, 3.63) is 34.9 Å². The lowest BCUT2D eigenvalue weighted by molar-refractivity contribution is 0.187. The Bertz CT molecular complexity index is 429. The van der Waals surface area contributed by atoms with Gasteiger partial charge in [-0.2, -0.15) is 0 Å². The third kappa shape index (κ3) is 8.48. The van der Waals surface area contributed by atoms with Crippen LogP contribution in [-0.2, 0) is 0 Å². The molecule has 0 spiro atoms. The van der Waals surface area contributed by atoms with E-state index in [1.54, 1.807) is 12.1 Å². The van der Waals surface area contributed by atoms with Crippen LogP contribution in [0, 0.1) is 0 Å². The van der Waals surface area contributed by atoms with Crippen molar-refractivity contribution >= 4 is 41.5 Å². The highest BCUT2D eigenvalue weighted by Crippen LogP contribution is 2.22. The molecular weight excluding hydrogens is 401 g/mol. The predicted molar refractivity (Wildman–Crippen MR) is 100 cm³/mol. The first kappa shape index (κ1) is 20.5. The summed E-state index contributed by atoms with van der Waals surface area (Å²) in [5.41, 5.74) is 6.42. The van der Waals surface area contributed by atoms with E-state index in [1.165, 1.54) is 19.3 Å². The molecule has 0 heterocycles. The maximum atomic E-state index is 10.0. The molecule has 0 bridgehead atoms. The van der Waals surface area contributed by atoms with Gasteiger partial charge in [0.2, 0.25) is 0 Å². The van der Waals surface area contributed by atoms with E-state index >= 15 is 0 Å². The molecule has 1 atom stereocenters. The molecule has 0 aliphatic heterocycles. The van der Waals surface area contributed by atoms with Crippen molar-refractivity contribution in [1.29, 1.82) is 0 Å². The van der Waals surface area contributed by atoms with Crippen molar-refractivity contribution in [2.75, 3.05) is 13.1 Å². The van der Waals surface area contributed by atoms with E-state index in [0.717, 1.165) is 13.0 Å². The number of aliphatic hydroxyl groups is 1. The lowest BCUT2D eigenvalue weighted by Gasteiger charge is -2.11. The minimum Gasteiger partial charge on any atom is -0.386 e. The summed E-state index contributed by atoms with van der Waals surface area (Å²) in [5.74, 6) is 0.368. The Labute approximate surface area is 149 Å². The Morgan fingerprint density at radius 1 is 1.33 bits per heavy atom. The largest absolute Gasteiger partial charge is 0.386 e. The standard InChI is InChI=1S/C15H24ClN3O.HI/c1-2-3-4-7-10-18-15(17)19-11-14(20)12-8-5-6-9-13(12)16;/h5-6,8-9,14,20H,2-4,7,10-11H2,1H3,(H3,17,18,19);1H. The molecule has 4 nitrogen and oxygen atoms in total. The highest BCUT2D eigenvalue weighted by molar-refractivity contribution is 14.0. The van der Waals surface area contributed by atoms with Gasteiger partial charge in [-0.25, -0.2) is 0 Å². The first-order chi connectivity index (χ1) is 9.65. The van der Waals surface area contributed by atoms with E-state index in [4.69, 9.17) is 17.3 Å². The van der Waals surface area contributed by atoms with Crippen molar-refractivity contribution in [1.82, 2.24) is 5.32 Å². The maximum absolute atomic E-state index is 10.0. The van der Waals surface area contributed by atoms with Gasteiger partial charge < -0.3 is 16.2 Å². The molecule has 0 aliphatic rings. The molecule has 0 saturated heterocycles. The van der Waals surface area contributed by atoms with Gasteiger partial charge in [0.05, 0.1) is 6.54 Å². The van der Waals surface area contributed by atoms with Gasteiger partial charge in [-0.1, -0.05) is 56.0 Å². The monoisotopic (exact) mass is 425 g/mol. The number of nitrogens with two attached hydrogens (primary N) is 1. The van der Waals surface area contributed by atoms with Crippen LogP contribution in [0.2, 0.25) is 5.02 Å². The summed E-state index contributed by atoms with van der Waals surface area (Å²) in [4.78, 5) is 4.13. The molecule has 1 aromatic rings. The average Bonchev–Trinajstić information content (AvgIpc) is 2.45. The highest BCUT2D eigenvalue weighted by atomic mass is 127. The van der Waals surface area contributed by atoms with Gasteiger partial charge in [0.1, 0.15) is 6.10 Å². The summed E-state index contributed by atoms with van der Waals surface area (Å²) in [6.45, 7) is 3.20. The summed E-state index contributed by atoms with van der Waals surface area (Å²) < 4.78 is 0. The number of nitrogens with zero attached hydrogens (tertiary/aromatic N) is 1. The number of unbranched alkanes of at least 4 members (excludes halogenated alkanes) is 3. The number of aliphatic imine (C=N–C) groups is 1. The van der Waals surface area contributed by atoms with Crippen molar-refractivity contribution < 1.29 is 5.11 Å². The van der Waals surface area contributed by atoms with Gasteiger partial charge in [-0.15, -0.1) is 24.0 Å². The van der Waals surface area contributed by atoms with Crippen LogP contribution in [0.1, 0.15) is 44.3 Å². The molecule has 120 valence electrons. The second-order valence-corrected chi connectivity index (χ2v) is 5.16. The van der Waals surface area contributed by atoms with E-state index in [-0.39, 0.29) is 30.5 Å². The van der Waals surface area contributed by atoms with Crippen LogP contribution in [0.25, 0.3) is 0 Å². The molecule has 6 heteroatoms. The number of aliphatic hydroxyl groups excluding tert-OH is 1. The molecule has 0 fully saturated rings. The van der Waals surface area contributed by atoms with Crippen LogP contribution in [-0.4, -0.2) is 24.2 Å². The Hall–Kier alpha value is -0.530. The third-order valence-corrected chi connectivity index (χ3v) is 3.38. The van der Waals surface area contributed by atoms with E-state index in [2.05, 4.69) is 17.2 Å². The summed E-state index contributed by atoms with van der Waals surface area (Å²) in [7, 11) is 0. The summed E-state index contributed by atoms with van der Waals surface area (Å²) in [5, 5.41) is 13.6.